The van der Waals surface area contributed by atoms with E-state index in [9.17, 15) is 20.2 Å². The van der Waals surface area contributed by atoms with Gasteiger partial charge >= 0.3 is 0 Å². The fraction of sp³-hybridized carbons (Fsp3) is 1.00. The van der Waals surface area contributed by atoms with Gasteiger partial charge in [0.1, 0.15) is 0 Å². The molecule has 0 aromatic carbocycles. The smallest absolute Gasteiger partial charge is 0.227 e. The van der Waals surface area contributed by atoms with E-state index in [0.29, 0.717) is 10.0 Å². The minimum Gasteiger partial charge on any atom is -0.277 e. The molecule has 0 aliphatic rings. The minimum atomic E-state index is -1.66. The molecule has 0 saturated heterocycles. The van der Waals surface area contributed by atoms with Crippen LogP contribution in [0, 0.1) is 20.2 Å². The quantitative estimate of drug-likeness (QED) is 0.293. The van der Waals surface area contributed by atoms with Crippen LogP contribution < -0.4 is 11.8 Å². The van der Waals surface area contributed by atoms with Crippen molar-refractivity contribution in [3.8, 4) is 0 Å². The first-order valence-electron chi connectivity index (χ1n) is 4.26. The SMILES string of the molecule is CC(C)(N(CON)[N+](=O)[O-])N(CON)[N+](=O)[O-]. The number of hydrogen-bond donors (Lipinski definition) is 2. The summed E-state index contributed by atoms with van der Waals surface area (Å²) in [7, 11) is 0. The summed E-state index contributed by atoms with van der Waals surface area (Å²) in [5, 5.41) is 20.6. The molecule has 0 amide bonds. The molecule has 0 spiro atoms. The second-order valence-electron chi connectivity index (χ2n) is 3.36. The van der Waals surface area contributed by atoms with Crippen molar-refractivity contribution in [3.63, 3.8) is 0 Å². The molecule has 0 heterocycles. The molecule has 0 aromatic rings. The molecule has 0 fully saturated rings. The van der Waals surface area contributed by atoms with Gasteiger partial charge in [0.2, 0.25) is 5.66 Å². The monoisotopic (exact) mass is 254 g/mol. The summed E-state index contributed by atoms with van der Waals surface area (Å²) in [6, 6.07) is 0. The van der Waals surface area contributed by atoms with Gasteiger partial charge in [0.15, 0.2) is 23.5 Å². The van der Waals surface area contributed by atoms with Crippen molar-refractivity contribution in [3.05, 3.63) is 20.2 Å². The molecule has 100 valence electrons. The average Bonchev–Trinajstić information content (AvgIpc) is 2.20. The highest BCUT2D eigenvalue weighted by molar-refractivity contribution is 4.69. The standard InChI is InChI=1S/C5H14N6O6/c1-5(2,8(3-16-6)10(12)13)9(4-17-7)11(14)15/h3-4,6-7H2,1-2H3. The van der Waals surface area contributed by atoms with E-state index < -0.39 is 29.2 Å². The maximum Gasteiger partial charge on any atom is 0.227 e. The van der Waals surface area contributed by atoms with Crippen LogP contribution in [0.1, 0.15) is 13.8 Å². The summed E-state index contributed by atoms with van der Waals surface area (Å²) in [5.41, 5.74) is -1.66. The molecular formula is C5H14N6O6. The normalized spacial score (nSPS) is 11.1. The van der Waals surface area contributed by atoms with Crippen LogP contribution in [0.2, 0.25) is 0 Å². The second-order valence-corrected chi connectivity index (χ2v) is 3.36. The van der Waals surface area contributed by atoms with Gasteiger partial charge in [-0.3, -0.25) is 9.68 Å². The third-order valence-corrected chi connectivity index (χ3v) is 2.05. The molecule has 0 atom stereocenters. The lowest BCUT2D eigenvalue weighted by molar-refractivity contribution is -0.751. The molecular weight excluding hydrogens is 240 g/mol. The van der Waals surface area contributed by atoms with E-state index in [1.165, 1.54) is 13.8 Å². The molecule has 0 unspecified atom stereocenters. The van der Waals surface area contributed by atoms with E-state index in [0.717, 1.165) is 0 Å². The fourth-order valence-electron chi connectivity index (χ4n) is 1.08. The zero-order chi connectivity index (χ0) is 13.6. The maximum absolute atomic E-state index is 10.7. The number of nitro groups is 2. The van der Waals surface area contributed by atoms with Gasteiger partial charge in [0, 0.05) is 0 Å². The van der Waals surface area contributed by atoms with E-state index >= 15 is 0 Å². The molecule has 0 rings (SSSR count). The number of nitrogens with zero attached hydrogens (tertiary/aromatic N) is 4. The van der Waals surface area contributed by atoms with Crippen LogP contribution in [0.3, 0.4) is 0 Å². The second kappa shape index (κ2) is 6.09. The van der Waals surface area contributed by atoms with Crippen molar-refractivity contribution in [1.29, 1.82) is 0 Å². The van der Waals surface area contributed by atoms with E-state index in [-0.39, 0.29) is 0 Å². The summed E-state index contributed by atoms with van der Waals surface area (Å²) < 4.78 is 0. The Morgan fingerprint density at radius 3 is 1.53 bits per heavy atom. The lowest BCUT2D eigenvalue weighted by Crippen LogP contribution is -2.62. The topological polar surface area (TPSA) is 163 Å². The Morgan fingerprint density at radius 1 is 1.06 bits per heavy atom. The molecule has 0 aliphatic carbocycles. The van der Waals surface area contributed by atoms with Crippen molar-refractivity contribution in [1.82, 2.24) is 10.0 Å². The zero-order valence-electron chi connectivity index (χ0n) is 9.31. The highest BCUT2D eigenvalue weighted by Crippen LogP contribution is 2.19. The predicted octanol–water partition coefficient (Wildman–Crippen LogP) is -1.59. The van der Waals surface area contributed by atoms with Gasteiger partial charge in [0.05, 0.1) is 0 Å². The minimum absolute atomic E-state index is 0.425. The Balaban J connectivity index is 5.13. The zero-order valence-corrected chi connectivity index (χ0v) is 9.31. The van der Waals surface area contributed by atoms with Crippen LogP contribution in [0.25, 0.3) is 0 Å². The van der Waals surface area contributed by atoms with Gasteiger partial charge in [0.25, 0.3) is 0 Å². The average molecular weight is 254 g/mol. The first-order chi connectivity index (χ1) is 7.78. The van der Waals surface area contributed by atoms with Crippen molar-refractivity contribution >= 4 is 0 Å². The van der Waals surface area contributed by atoms with Gasteiger partial charge in [-0.25, -0.2) is 32.0 Å². The fourth-order valence-corrected chi connectivity index (χ4v) is 1.08. The van der Waals surface area contributed by atoms with E-state index in [4.69, 9.17) is 11.8 Å². The van der Waals surface area contributed by atoms with Crippen LogP contribution in [0.5, 0.6) is 0 Å². The first-order valence-corrected chi connectivity index (χ1v) is 4.26. The third-order valence-electron chi connectivity index (χ3n) is 2.05. The summed E-state index contributed by atoms with van der Waals surface area (Å²) >= 11 is 0. The summed E-state index contributed by atoms with van der Waals surface area (Å²) in [4.78, 5) is 29.7. The Morgan fingerprint density at radius 2 is 1.35 bits per heavy atom. The van der Waals surface area contributed by atoms with Crippen LogP contribution in [-0.4, -0.2) is 39.2 Å². The van der Waals surface area contributed by atoms with E-state index in [1.807, 2.05) is 0 Å². The van der Waals surface area contributed by atoms with Gasteiger partial charge < -0.3 is 0 Å². The molecule has 0 saturated carbocycles. The molecule has 0 bridgehead atoms. The summed E-state index contributed by atoms with van der Waals surface area (Å²) in [6.45, 7) is 1.15. The van der Waals surface area contributed by atoms with Gasteiger partial charge in [-0.2, -0.15) is 0 Å². The van der Waals surface area contributed by atoms with Gasteiger partial charge in [-0.15, -0.1) is 0 Å². The highest BCUT2D eigenvalue weighted by atomic mass is 16.7. The Bertz CT molecular complexity index is 258. The third kappa shape index (κ3) is 3.63. The van der Waals surface area contributed by atoms with E-state index in [1.54, 1.807) is 0 Å². The van der Waals surface area contributed by atoms with Crippen molar-refractivity contribution in [2.45, 2.75) is 19.5 Å². The Labute approximate surface area is 95.8 Å². The van der Waals surface area contributed by atoms with Gasteiger partial charge in [-0.1, -0.05) is 10.0 Å². The molecule has 4 N–H and O–H groups in total. The van der Waals surface area contributed by atoms with E-state index in [2.05, 4.69) is 9.68 Å². The number of rotatable bonds is 8. The van der Waals surface area contributed by atoms with Crippen molar-refractivity contribution in [2.75, 3.05) is 13.5 Å². The Hall–Kier alpha value is -1.76. The molecule has 12 nitrogen and oxygen atoms in total. The van der Waals surface area contributed by atoms with Gasteiger partial charge in [-0.05, 0) is 13.8 Å². The van der Waals surface area contributed by atoms with Crippen molar-refractivity contribution in [2.24, 2.45) is 11.8 Å². The summed E-state index contributed by atoms with van der Waals surface area (Å²) in [6.07, 6.45) is 0. The molecule has 17 heavy (non-hydrogen) atoms. The largest absolute Gasteiger partial charge is 0.277 e. The maximum atomic E-state index is 10.7. The van der Waals surface area contributed by atoms with Crippen LogP contribution >= 0.6 is 0 Å². The Kier molecular flexibility index (Phi) is 5.46. The number of nitrogens with two attached hydrogens (primary N) is 2. The molecule has 12 heteroatoms. The summed E-state index contributed by atoms with van der Waals surface area (Å²) in [5.74, 6) is 9.45. The lowest BCUT2D eigenvalue weighted by Gasteiger charge is -2.33. The van der Waals surface area contributed by atoms with Crippen LogP contribution in [0.4, 0.5) is 0 Å². The van der Waals surface area contributed by atoms with Crippen LogP contribution in [-0.2, 0) is 9.68 Å². The number of hydrogen-bond acceptors (Lipinski definition) is 8. The molecule has 0 aliphatic heterocycles. The predicted molar refractivity (Wildman–Crippen MR) is 52.0 cm³/mol. The number of hydrazine groups is 2. The lowest BCUT2D eigenvalue weighted by atomic mass is 10.2. The first kappa shape index (κ1) is 15.2. The van der Waals surface area contributed by atoms with Crippen LogP contribution in [0.15, 0.2) is 0 Å². The highest BCUT2D eigenvalue weighted by Gasteiger charge is 2.47. The van der Waals surface area contributed by atoms with Crippen molar-refractivity contribution < 1.29 is 19.7 Å². The molecule has 0 aromatic heterocycles. The molecule has 0 radical (unpaired) electrons.